The minimum absolute atomic E-state index is 0.00883. The van der Waals surface area contributed by atoms with E-state index in [0.717, 1.165) is 31.5 Å². The van der Waals surface area contributed by atoms with Crippen LogP contribution in [0.3, 0.4) is 0 Å². The van der Waals surface area contributed by atoms with Gasteiger partial charge < -0.3 is 10.6 Å². The number of sulfone groups is 1. The van der Waals surface area contributed by atoms with E-state index in [2.05, 4.69) is 31.4 Å². The van der Waals surface area contributed by atoms with Crippen molar-refractivity contribution in [3.63, 3.8) is 0 Å². The van der Waals surface area contributed by atoms with Gasteiger partial charge in [0.05, 0.1) is 10.6 Å². The molecule has 6 heteroatoms. The zero-order valence-corrected chi connectivity index (χ0v) is 16.3. The summed E-state index contributed by atoms with van der Waals surface area (Å²) < 4.78 is 24.8. The standard InChI is InChI=1S/C19H30N2O3S/c1-19(2,3)16-5-7-17(8-6-16)25(23,24)13-12-21-18(22)9-4-15-10-11-20-14-15/h5-8,15,20H,4,9-14H2,1-3H3,(H,21,22). The molecule has 1 heterocycles. The van der Waals surface area contributed by atoms with E-state index < -0.39 is 9.84 Å². The maximum absolute atomic E-state index is 12.4. The first-order valence-electron chi connectivity index (χ1n) is 8.99. The molecule has 0 radical (unpaired) electrons. The molecule has 140 valence electrons. The van der Waals surface area contributed by atoms with Gasteiger partial charge in [0.2, 0.25) is 5.91 Å². The summed E-state index contributed by atoms with van der Waals surface area (Å²) in [6.45, 7) is 8.44. The molecular weight excluding hydrogens is 336 g/mol. The summed E-state index contributed by atoms with van der Waals surface area (Å²) in [5, 5.41) is 6.01. The number of benzene rings is 1. The quantitative estimate of drug-likeness (QED) is 0.776. The predicted octanol–water partition coefficient (Wildman–Crippen LogP) is 2.26. The first-order chi connectivity index (χ1) is 11.7. The highest BCUT2D eigenvalue weighted by atomic mass is 32.2. The molecule has 1 aliphatic heterocycles. The summed E-state index contributed by atoms with van der Waals surface area (Å²) in [6, 6.07) is 7.04. The Morgan fingerprint density at radius 3 is 2.48 bits per heavy atom. The average Bonchev–Trinajstić information content (AvgIpc) is 3.05. The molecule has 0 aromatic heterocycles. The third kappa shape index (κ3) is 6.12. The number of hydrogen-bond acceptors (Lipinski definition) is 4. The van der Waals surface area contributed by atoms with Crippen LogP contribution in [-0.4, -0.2) is 39.7 Å². The highest BCUT2D eigenvalue weighted by Crippen LogP contribution is 2.23. The number of carbonyl (C=O) groups excluding carboxylic acids is 1. The van der Waals surface area contributed by atoms with Crippen molar-refractivity contribution in [2.24, 2.45) is 5.92 Å². The van der Waals surface area contributed by atoms with Crippen molar-refractivity contribution in [3.05, 3.63) is 29.8 Å². The molecule has 2 N–H and O–H groups in total. The summed E-state index contributed by atoms with van der Waals surface area (Å²) in [4.78, 5) is 12.2. The second-order valence-electron chi connectivity index (χ2n) is 7.84. The average molecular weight is 367 g/mol. The first-order valence-corrected chi connectivity index (χ1v) is 10.6. The van der Waals surface area contributed by atoms with Gasteiger partial charge in [0.15, 0.2) is 9.84 Å². The topological polar surface area (TPSA) is 75.3 Å². The van der Waals surface area contributed by atoms with Crippen LogP contribution in [0, 0.1) is 5.92 Å². The van der Waals surface area contributed by atoms with Crippen LogP contribution in [0.1, 0.15) is 45.6 Å². The van der Waals surface area contributed by atoms with Crippen LogP contribution in [0.2, 0.25) is 0 Å². The van der Waals surface area contributed by atoms with Gasteiger partial charge in [0.1, 0.15) is 0 Å². The SMILES string of the molecule is CC(C)(C)c1ccc(S(=O)(=O)CCNC(=O)CCC2CCNC2)cc1. The zero-order chi connectivity index (χ0) is 18.5. The lowest BCUT2D eigenvalue weighted by molar-refractivity contribution is -0.121. The highest BCUT2D eigenvalue weighted by Gasteiger charge is 2.19. The molecule has 1 fully saturated rings. The van der Waals surface area contributed by atoms with Gasteiger partial charge in [-0.2, -0.15) is 0 Å². The van der Waals surface area contributed by atoms with Crippen molar-refractivity contribution in [1.29, 1.82) is 0 Å². The highest BCUT2D eigenvalue weighted by molar-refractivity contribution is 7.91. The van der Waals surface area contributed by atoms with E-state index in [4.69, 9.17) is 0 Å². The van der Waals surface area contributed by atoms with E-state index in [1.165, 1.54) is 0 Å². The summed E-state index contributed by atoms with van der Waals surface area (Å²) >= 11 is 0. The smallest absolute Gasteiger partial charge is 0.220 e. The summed E-state index contributed by atoms with van der Waals surface area (Å²) in [7, 11) is -3.37. The van der Waals surface area contributed by atoms with Crippen LogP contribution in [0.25, 0.3) is 0 Å². The molecule has 0 bridgehead atoms. The second kappa shape index (κ2) is 8.32. The molecule has 2 rings (SSSR count). The molecular formula is C19H30N2O3S. The van der Waals surface area contributed by atoms with E-state index in [9.17, 15) is 13.2 Å². The number of amides is 1. The van der Waals surface area contributed by atoms with Gasteiger partial charge in [0, 0.05) is 13.0 Å². The second-order valence-corrected chi connectivity index (χ2v) is 9.95. The molecule has 25 heavy (non-hydrogen) atoms. The lowest BCUT2D eigenvalue weighted by Crippen LogP contribution is -2.29. The molecule has 1 aromatic rings. The largest absolute Gasteiger partial charge is 0.355 e. The van der Waals surface area contributed by atoms with Gasteiger partial charge in [-0.3, -0.25) is 4.79 Å². The summed E-state index contributed by atoms with van der Waals surface area (Å²) in [5.74, 6) is 0.430. The van der Waals surface area contributed by atoms with Gasteiger partial charge in [-0.25, -0.2) is 8.42 Å². The van der Waals surface area contributed by atoms with Crippen molar-refractivity contribution in [2.45, 2.75) is 50.3 Å². The number of nitrogens with one attached hydrogen (secondary N) is 2. The zero-order valence-electron chi connectivity index (χ0n) is 15.5. The van der Waals surface area contributed by atoms with Crippen LogP contribution in [-0.2, 0) is 20.0 Å². The van der Waals surface area contributed by atoms with Gasteiger partial charge >= 0.3 is 0 Å². The van der Waals surface area contributed by atoms with Crippen molar-refractivity contribution in [1.82, 2.24) is 10.6 Å². The van der Waals surface area contributed by atoms with Crippen LogP contribution in [0.15, 0.2) is 29.2 Å². The summed E-state index contributed by atoms with van der Waals surface area (Å²) in [6.07, 6.45) is 2.44. The number of carbonyl (C=O) groups is 1. The predicted molar refractivity (Wildman–Crippen MR) is 100 cm³/mol. The Labute approximate surface area is 151 Å². The van der Waals surface area contributed by atoms with E-state index in [1.807, 2.05) is 12.1 Å². The van der Waals surface area contributed by atoms with E-state index >= 15 is 0 Å². The van der Waals surface area contributed by atoms with Crippen molar-refractivity contribution >= 4 is 15.7 Å². The number of rotatable bonds is 7. The Kier molecular flexibility index (Phi) is 6.63. The maximum Gasteiger partial charge on any atom is 0.220 e. The molecule has 0 saturated carbocycles. The first kappa shape index (κ1) is 19.9. The van der Waals surface area contributed by atoms with Gasteiger partial charge in [-0.15, -0.1) is 0 Å². The fourth-order valence-corrected chi connectivity index (χ4v) is 4.15. The Morgan fingerprint density at radius 1 is 1.24 bits per heavy atom. The van der Waals surface area contributed by atoms with Crippen LogP contribution >= 0.6 is 0 Å². The van der Waals surface area contributed by atoms with Crippen LogP contribution in [0.4, 0.5) is 0 Å². The molecule has 0 spiro atoms. The Hall–Kier alpha value is -1.40. The summed E-state index contributed by atoms with van der Waals surface area (Å²) in [5.41, 5.74) is 1.09. The van der Waals surface area contributed by atoms with Crippen molar-refractivity contribution in [3.8, 4) is 0 Å². The molecule has 1 aliphatic rings. The fourth-order valence-electron chi connectivity index (χ4n) is 2.99. The minimum Gasteiger partial charge on any atom is -0.355 e. The minimum atomic E-state index is -3.37. The lowest BCUT2D eigenvalue weighted by Gasteiger charge is -2.19. The van der Waals surface area contributed by atoms with Gasteiger partial charge in [-0.05, 0) is 55.0 Å². The molecule has 1 unspecified atom stereocenters. The van der Waals surface area contributed by atoms with E-state index in [0.29, 0.717) is 17.2 Å². The molecule has 1 aromatic carbocycles. The number of hydrogen-bond donors (Lipinski definition) is 2. The maximum atomic E-state index is 12.4. The Balaban J connectivity index is 1.79. The molecule has 1 amide bonds. The third-order valence-electron chi connectivity index (χ3n) is 4.71. The molecule has 0 aliphatic carbocycles. The van der Waals surface area contributed by atoms with Crippen LogP contribution < -0.4 is 10.6 Å². The van der Waals surface area contributed by atoms with Gasteiger partial charge in [0.25, 0.3) is 0 Å². The monoisotopic (exact) mass is 366 g/mol. The van der Waals surface area contributed by atoms with Crippen LogP contribution in [0.5, 0.6) is 0 Å². The van der Waals surface area contributed by atoms with E-state index in [1.54, 1.807) is 12.1 Å². The van der Waals surface area contributed by atoms with E-state index in [-0.39, 0.29) is 23.6 Å². The molecule has 1 saturated heterocycles. The third-order valence-corrected chi connectivity index (χ3v) is 6.45. The molecule has 5 nitrogen and oxygen atoms in total. The lowest BCUT2D eigenvalue weighted by atomic mass is 9.87. The van der Waals surface area contributed by atoms with Crippen molar-refractivity contribution < 1.29 is 13.2 Å². The normalized spacial score (nSPS) is 18.3. The fraction of sp³-hybridized carbons (Fsp3) is 0.632. The molecule has 1 atom stereocenters. The van der Waals surface area contributed by atoms with Crippen molar-refractivity contribution in [2.75, 3.05) is 25.4 Å². The Morgan fingerprint density at radius 2 is 1.92 bits per heavy atom. The van der Waals surface area contributed by atoms with Gasteiger partial charge in [-0.1, -0.05) is 32.9 Å². The Bertz CT molecular complexity index is 670.